The smallest absolute Gasteiger partial charge is 0.264 e. The lowest BCUT2D eigenvalue weighted by Gasteiger charge is -2.34. The second-order valence-corrected chi connectivity index (χ2v) is 15.2. The van der Waals surface area contributed by atoms with E-state index in [0.717, 1.165) is 51.2 Å². The van der Waals surface area contributed by atoms with Crippen molar-refractivity contribution >= 4 is 43.5 Å². The van der Waals surface area contributed by atoms with E-state index in [0.29, 0.717) is 5.69 Å². The fourth-order valence-electron chi connectivity index (χ4n) is 6.03. The summed E-state index contributed by atoms with van der Waals surface area (Å²) in [7, 11) is -4.14. The molecule has 4 aromatic rings. The van der Waals surface area contributed by atoms with Gasteiger partial charge in [-0.3, -0.25) is 13.9 Å². The van der Waals surface area contributed by atoms with Gasteiger partial charge >= 0.3 is 0 Å². The maximum absolute atomic E-state index is 14.7. The largest absolute Gasteiger partial charge is 0.352 e. The summed E-state index contributed by atoms with van der Waals surface area (Å²) in [5.41, 5.74) is 3.16. The SMILES string of the molecule is CC(C)c1ccc(N(CC(=O)N(Cc2cccc(Br)c2)[C@@H](Cc2ccccc2)C(=O)NC2CCCC2)S(=O)(=O)c2ccccc2)cc1. The summed E-state index contributed by atoms with van der Waals surface area (Å²) in [5, 5.41) is 3.22. The number of halogens is 1. The quantitative estimate of drug-likeness (QED) is 0.156. The molecule has 0 spiro atoms. The third-order valence-corrected chi connectivity index (χ3v) is 11.0. The third kappa shape index (κ3) is 8.90. The number of carbonyl (C=O) groups excluding carboxylic acids is 2. The minimum atomic E-state index is -4.14. The second kappa shape index (κ2) is 15.8. The van der Waals surface area contributed by atoms with E-state index < -0.39 is 28.5 Å². The molecule has 5 rings (SSSR count). The monoisotopic (exact) mass is 715 g/mol. The van der Waals surface area contributed by atoms with Crippen molar-refractivity contribution in [2.24, 2.45) is 0 Å². The highest BCUT2D eigenvalue weighted by Crippen LogP contribution is 2.27. The molecule has 4 aromatic carbocycles. The van der Waals surface area contributed by atoms with Crippen molar-refractivity contribution in [1.29, 1.82) is 0 Å². The summed E-state index contributed by atoms with van der Waals surface area (Å²) in [4.78, 5) is 30.4. The number of nitrogens with one attached hydrogen (secondary N) is 1. The number of carbonyl (C=O) groups is 2. The van der Waals surface area contributed by atoms with Crippen LogP contribution in [0.4, 0.5) is 5.69 Å². The maximum atomic E-state index is 14.7. The van der Waals surface area contributed by atoms with Gasteiger partial charge in [0.2, 0.25) is 11.8 Å². The normalized spacial score (nSPS) is 14.1. The van der Waals surface area contributed by atoms with Crippen LogP contribution in [0.3, 0.4) is 0 Å². The number of anilines is 1. The molecule has 47 heavy (non-hydrogen) atoms. The summed E-state index contributed by atoms with van der Waals surface area (Å²) in [6.45, 7) is 3.79. The standard InChI is InChI=1S/C38H42BrN3O4S/c1-28(2)31-20-22-34(23-21-31)42(47(45,46)35-18-7-4-8-19-35)27-37(43)41(26-30-14-11-15-32(39)24-30)36(25-29-12-5-3-6-13-29)38(44)40-33-16-9-10-17-33/h3-8,11-15,18-24,28,33,36H,9-10,16-17,25-27H2,1-2H3,(H,40,44)/t36-/m0/s1. The van der Waals surface area contributed by atoms with Gasteiger partial charge in [0.1, 0.15) is 12.6 Å². The highest BCUT2D eigenvalue weighted by atomic mass is 79.9. The Morgan fingerprint density at radius 2 is 1.45 bits per heavy atom. The lowest BCUT2D eigenvalue weighted by molar-refractivity contribution is -0.140. The number of benzene rings is 4. The number of rotatable bonds is 13. The predicted octanol–water partition coefficient (Wildman–Crippen LogP) is 7.47. The molecule has 0 bridgehead atoms. The number of hydrogen-bond acceptors (Lipinski definition) is 4. The molecule has 1 saturated carbocycles. The van der Waals surface area contributed by atoms with E-state index in [1.54, 1.807) is 35.2 Å². The van der Waals surface area contributed by atoms with Crippen LogP contribution in [0.1, 0.15) is 62.1 Å². The summed E-state index contributed by atoms with van der Waals surface area (Å²) in [6.07, 6.45) is 4.19. The van der Waals surface area contributed by atoms with E-state index in [-0.39, 0.29) is 35.7 Å². The predicted molar refractivity (Wildman–Crippen MR) is 191 cm³/mol. The molecular formula is C38H42BrN3O4S. The van der Waals surface area contributed by atoms with Crippen LogP contribution in [-0.4, -0.2) is 43.8 Å². The Morgan fingerprint density at radius 1 is 0.830 bits per heavy atom. The Balaban J connectivity index is 1.56. The molecule has 0 radical (unpaired) electrons. The summed E-state index contributed by atoms with van der Waals surface area (Å²) < 4.78 is 30.4. The molecule has 1 aliphatic rings. The van der Waals surface area contributed by atoms with Crippen LogP contribution in [-0.2, 0) is 32.6 Å². The molecule has 2 amide bonds. The van der Waals surface area contributed by atoms with E-state index in [2.05, 4.69) is 35.1 Å². The molecule has 1 atom stereocenters. The number of amides is 2. The number of nitrogens with zero attached hydrogens (tertiary/aromatic N) is 2. The van der Waals surface area contributed by atoms with Crippen molar-refractivity contribution in [2.45, 2.75) is 75.4 Å². The van der Waals surface area contributed by atoms with Crippen molar-refractivity contribution in [3.63, 3.8) is 0 Å². The van der Waals surface area contributed by atoms with Crippen molar-refractivity contribution in [3.8, 4) is 0 Å². The van der Waals surface area contributed by atoms with E-state index in [4.69, 9.17) is 0 Å². The van der Waals surface area contributed by atoms with Crippen molar-refractivity contribution in [2.75, 3.05) is 10.8 Å². The fraction of sp³-hybridized carbons (Fsp3) is 0.316. The Kier molecular flexibility index (Phi) is 11.5. The zero-order valence-corrected chi connectivity index (χ0v) is 29.3. The van der Waals surface area contributed by atoms with Crippen LogP contribution >= 0.6 is 15.9 Å². The fourth-order valence-corrected chi connectivity index (χ4v) is 7.91. The van der Waals surface area contributed by atoms with E-state index in [1.807, 2.05) is 66.7 Å². The topological polar surface area (TPSA) is 86.8 Å². The van der Waals surface area contributed by atoms with Gasteiger partial charge in [0, 0.05) is 23.5 Å². The molecule has 246 valence electrons. The van der Waals surface area contributed by atoms with Crippen LogP contribution in [0.15, 0.2) is 119 Å². The average molecular weight is 717 g/mol. The van der Waals surface area contributed by atoms with Crippen LogP contribution in [0, 0.1) is 0 Å². The average Bonchev–Trinajstić information content (AvgIpc) is 3.59. The molecule has 0 aliphatic heterocycles. The first kappa shape index (κ1) is 34.4. The van der Waals surface area contributed by atoms with Gasteiger partial charge in [-0.15, -0.1) is 0 Å². The first-order valence-electron chi connectivity index (χ1n) is 16.2. The Bertz CT molecular complexity index is 1740. The van der Waals surface area contributed by atoms with Gasteiger partial charge in [-0.05, 0) is 71.8 Å². The molecule has 0 unspecified atom stereocenters. The maximum Gasteiger partial charge on any atom is 0.264 e. The highest BCUT2D eigenvalue weighted by molar-refractivity contribution is 9.10. The first-order valence-corrected chi connectivity index (χ1v) is 18.4. The van der Waals surface area contributed by atoms with Gasteiger partial charge in [0.15, 0.2) is 0 Å². The number of sulfonamides is 1. The number of hydrogen-bond donors (Lipinski definition) is 1. The van der Waals surface area contributed by atoms with Gasteiger partial charge in [-0.25, -0.2) is 8.42 Å². The molecule has 0 aromatic heterocycles. The van der Waals surface area contributed by atoms with Crippen molar-refractivity contribution in [3.05, 3.63) is 130 Å². The molecule has 1 N–H and O–H groups in total. The van der Waals surface area contributed by atoms with Crippen LogP contribution in [0.25, 0.3) is 0 Å². The highest BCUT2D eigenvalue weighted by Gasteiger charge is 2.35. The molecule has 0 saturated heterocycles. The van der Waals surface area contributed by atoms with Gasteiger partial charge in [0.05, 0.1) is 10.6 Å². The van der Waals surface area contributed by atoms with Crippen molar-refractivity contribution in [1.82, 2.24) is 10.2 Å². The zero-order valence-electron chi connectivity index (χ0n) is 26.9. The Labute approximate surface area is 287 Å². The van der Waals surface area contributed by atoms with Crippen LogP contribution in [0.5, 0.6) is 0 Å². The van der Waals surface area contributed by atoms with Crippen molar-refractivity contribution < 1.29 is 18.0 Å². The zero-order chi connectivity index (χ0) is 33.4. The molecule has 9 heteroatoms. The minimum Gasteiger partial charge on any atom is -0.352 e. The lowest BCUT2D eigenvalue weighted by atomic mass is 10.0. The summed E-state index contributed by atoms with van der Waals surface area (Å²) in [5.74, 6) is -0.453. The molecular weight excluding hydrogens is 674 g/mol. The Morgan fingerprint density at radius 3 is 2.06 bits per heavy atom. The molecule has 1 aliphatic carbocycles. The molecule has 1 fully saturated rings. The van der Waals surface area contributed by atoms with Crippen LogP contribution in [0.2, 0.25) is 0 Å². The van der Waals surface area contributed by atoms with Gasteiger partial charge in [-0.2, -0.15) is 0 Å². The minimum absolute atomic E-state index is 0.0537. The Hall–Kier alpha value is -3.95. The third-order valence-electron chi connectivity index (χ3n) is 8.67. The summed E-state index contributed by atoms with van der Waals surface area (Å²) in [6, 6.07) is 31.8. The van der Waals surface area contributed by atoms with Crippen LogP contribution < -0.4 is 9.62 Å². The molecule has 0 heterocycles. The first-order chi connectivity index (χ1) is 22.6. The lowest BCUT2D eigenvalue weighted by Crippen LogP contribution is -2.54. The van der Waals surface area contributed by atoms with Gasteiger partial charge in [-0.1, -0.05) is 115 Å². The van der Waals surface area contributed by atoms with E-state index in [9.17, 15) is 18.0 Å². The molecule has 7 nitrogen and oxygen atoms in total. The van der Waals surface area contributed by atoms with Gasteiger partial charge < -0.3 is 10.2 Å². The van der Waals surface area contributed by atoms with Gasteiger partial charge in [0.25, 0.3) is 10.0 Å². The van der Waals surface area contributed by atoms with E-state index in [1.165, 1.54) is 12.1 Å². The van der Waals surface area contributed by atoms with E-state index >= 15 is 0 Å². The summed E-state index contributed by atoms with van der Waals surface area (Å²) >= 11 is 3.54. The second-order valence-electron chi connectivity index (χ2n) is 12.4.